The van der Waals surface area contributed by atoms with E-state index < -0.39 is 5.97 Å². The van der Waals surface area contributed by atoms with Crippen LogP contribution in [0, 0.1) is 5.92 Å². The van der Waals surface area contributed by atoms with Crippen LogP contribution < -0.4 is 10.6 Å². The van der Waals surface area contributed by atoms with Crippen molar-refractivity contribution in [2.75, 3.05) is 17.2 Å². The molecule has 1 fully saturated rings. The number of fused-ring (bicyclic) bond motifs is 1. The molecule has 1 aliphatic carbocycles. The van der Waals surface area contributed by atoms with Crippen LogP contribution in [0.4, 0.5) is 21.1 Å². The van der Waals surface area contributed by atoms with E-state index in [0.29, 0.717) is 43.9 Å². The molecule has 174 valence electrons. The van der Waals surface area contributed by atoms with Crippen LogP contribution in [-0.2, 0) is 22.5 Å². The summed E-state index contributed by atoms with van der Waals surface area (Å²) in [5.74, 6) is -0.125. The van der Waals surface area contributed by atoms with E-state index in [2.05, 4.69) is 15.6 Å². The van der Waals surface area contributed by atoms with Crippen LogP contribution in [0.1, 0.15) is 43.2 Å². The van der Waals surface area contributed by atoms with Gasteiger partial charge in [-0.2, -0.15) is 0 Å². The minimum absolute atomic E-state index is 0.145. The molecule has 33 heavy (non-hydrogen) atoms. The summed E-state index contributed by atoms with van der Waals surface area (Å²) in [6.45, 7) is 1.01. The van der Waals surface area contributed by atoms with Gasteiger partial charge in [0.05, 0.1) is 0 Å². The van der Waals surface area contributed by atoms with Gasteiger partial charge in [-0.15, -0.1) is 0 Å². The fourth-order valence-corrected chi connectivity index (χ4v) is 4.42. The summed E-state index contributed by atoms with van der Waals surface area (Å²) in [6, 6.07) is 10.6. The number of benzene rings is 1. The Morgan fingerprint density at radius 2 is 1.88 bits per heavy atom. The standard InChI is InChI=1S/C24H28N4O5/c29-22(30)13-16-4-8-20(9-5-16)33-24(32)28-12-10-17-14-19(7-6-18(17)15-28)26-23(31)27-21-3-1-2-11-25-21/h1-3,6-7,11,14,16,20H,4-5,8-10,12-13,15H2,(H,29,30)(H2,25,26,27,31)/t16-,20-. The van der Waals surface area contributed by atoms with Gasteiger partial charge in [0.2, 0.25) is 0 Å². The molecule has 1 aliphatic heterocycles. The number of aliphatic carboxylic acids is 1. The Balaban J connectivity index is 1.27. The van der Waals surface area contributed by atoms with Gasteiger partial charge in [0.15, 0.2) is 0 Å². The first-order valence-corrected chi connectivity index (χ1v) is 11.2. The maximum Gasteiger partial charge on any atom is 0.410 e. The van der Waals surface area contributed by atoms with Crippen LogP contribution in [0.5, 0.6) is 0 Å². The van der Waals surface area contributed by atoms with Crippen molar-refractivity contribution in [2.24, 2.45) is 5.92 Å². The number of nitrogens with zero attached hydrogens (tertiary/aromatic N) is 2. The molecule has 1 aromatic heterocycles. The second-order valence-corrected chi connectivity index (χ2v) is 8.57. The Bertz CT molecular complexity index is 1010. The number of carboxylic acid groups (broad SMARTS) is 1. The van der Waals surface area contributed by atoms with Gasteiger partial charge in [-0.1, -0.05) is 12.1 Å². The summed E-state index contributed by atoms with van der Waals surface area (Å²) in [6.07, 6.45) is 4.97. The highest BCUT2D eigenvalue weighted by molar-refractivity contribution is 5.99. The first kappa shape index (κ1) is 22.6. The summed E-state index contributed by atoms with van der Waals surface area (Å²) in [7, 11) is 0. The number of carbonyl (C=O) groups excluding carboxylic acids is 2. The van der Waals surface area contributed by atoms with Crippen LogP contribution >= 0.6 is 0 Å². The number of urea groups is 1. The normalized spacial score (nSPS) is 19.8. The average Bonchev–Trinajstić information content (AvgIpc) is 2.80. The number of carbonyl (C=O) groups is 3. The van der Waals surface area contributed by atoms with Crippen molar-refractivity contribution < 1.29 is 24.2 Å². The molecule has 0 bridgehead atoms. The predicted octanol–water partition coefficient (Wildman–Crippen LogP) is 4.25. The minimum atomic E-state index is -0.769. The molecule has 2 aromatic rings. The number of rotatable bonds is 5. The molecule has 2 heterocycles. The summed E-state index contributed by atoms with van der Waals surface area (Å²) in [4.78, 5) is 41.5. The Labute approximate surface area is 192 Å². The average molecular weight is 453 g/mol. The molecule has 9 heteroatoms. The van der Waals surface area contributed by atoms with E-state index in [-0.39, 0.29) is 30.6 Å². The molecule has 0 unspecified atom stereocenters. The molecule has 4 rings (SSSR count). The quantitative estimate of drug-likeness (QED) is 0.624. The van der Waals surface area contributed by atoms with Crippen molar-refractivity contribution in [1.82, 2.24) is 9.88 Å². The van der Waals surface area contributed by atoms with Gasteiger partial charge in [-0.3, -0.25) is 10.1 Å². The number of carboxylic acids is 1. The summed E-state index contributed by atoms with van der Waals surface area (Å²) >= 11 is 0. The fraction of sp³-hybridized carbons (Fsp3) is 0.417. The molecule has 9 nitrogen and oxygen atoms in total. The van der Waals surface area contributed by atoms with Crippen LogP contribution in [0.2, 0.25) is 0 Å². The van der Waals surface area contributed by atoms with Crippen molar-refractivity contribution in [3.63, 3.8) is 0 Å². The summed E-state index contributed by atoms with van der Waals surface area (Å²) in [5, 5.41) is 14.4. The zero-order valence-corrected chi connectivity index (χ0v) is 18.3. The van der Waals surface area contributed by atoms with Crippen LogP contribution in [0.25, 0.3) is 0 Å². The highest BCUT2D eigenvalue weighted by atomic mass is 16.6. The smallest absolute Gasteiger partial charge is 0.410 e. The third kappa shape index (κ3) is 6.21. The number of ether oxygens (including phenoxy) is 1. The second kappa shape index (κ2) is 10.3. The Morgan fingerprint density at radius 1 is 1.06 bits per heavy atom. The monoisotopic (exact) mass is 452 g/mol. The molecule has 3 N–H and O–H groups in total. The van der Waals surface area contributed by atoms with E-state index in [9.17, 15) is 14.4 Å². The lowest BCUT2D eigenvalue weighted by Gasteiger charge is -2.32. The minimum Gasteiger partial charge on any atom is -0.481 e. The SMILES string of the molecule is O=C(O)C[C@H]1CC[C@H](OC(=O)N2CCc3cc(NC(=O)Nc4ccccn4)ccc3C2)CC1. The van der Waals surface area contributed by atoms with Gasteiger partial charge < -0.3 is 20.1 Å². The highest BCUT2D eigenvalue weighted by Crippen LogP contribution is 2.30. The molecule has 3 amide bonds. The van der Waals surface area contributed by atoms with E-state index in [0.717, 1.165) is 24.0 Å². The molecule has 1 saturated carbocycles. The largest absolute Gasteiger partial charge is 0.481 e. The number of hydrogen-bond acceptors (Lipinski definition) is 5. The van der Waals surface area contributed by atoms with E-state index in [1.54, 1.807) is 29.3 Å². The number of aromatic nitrogens is 1. The first-order chi connectivity index (χ1) is 16.0. The van der Waals surface area contributed by atoms with Crippen molar-refractivity contribution >= 4 is 29.6 Å². The Morgan fingerprint density at radius 3 is 2.61 bits per heavy atom. The van der Waals surface area contributed by atoms with Gasteiger partial charge in [-0.25, -0.2) is 14.6 Å². The summed E-state index contributed by atoms with van der Waals surface area (Å²) < 4.78 is 5.70. The van der Waals surface area contributed by atoms with Crippen LogP contribution in [0.3, 0.4) is 0 Å². The number of pyridine rings is 1. The molecule has 0 radical (unpaired) electrons. The lowest BCUT2D eigenvalue weighted by Crippen LogP contribution is -2.39. The summed E-state index contributed by atoms with van der Waals surface area (Å²) in [5.41, 5.74) is 2.79. The van der Waals surface area contributed by atoms with Crippen molar-refractivity contribution in [1.29, 1.82) is 0 Å². The molecule has 0 spiro atoms. The van der Waals surface area contributed by atoms with E-state index >= 15 is 0 Å². The van der Waals surface area contributed by atoms with E-state index in [1.807, 2.05) is 18.2 Å². The van der Waals surface area contributed by atoms with Gasteiger partial charge in [0, 0.05) is 31.4 Å². The number of anilines is 2. The maximum atomic E-state index is 12.7. The first-order valence-electron chi connectivity index (χ1n) is 11.2. The number of nitrogens with one attached hydrogen (secondary N) is 2. The number of hydrogen-bond donors (Lipinski definition) is 3. The third-order valence-corrected chi connectivity index (χ3v) is 6.17. The third-order valence-electron chi connectivity index (χ3n) is 6.17. The molecular formula is C24H28N4O5. The maximum absolute atomic E-state index is 12.7. The zero-order valence-electron chi connectivity index (χ0n) is 18.3. The van der Waals surface area contributed by atoms with Gasteiger partial charge >= 0.3 is 18.1 Å². The molecule has 0 saturated heterocycles. The molecule has 0 atom stereocenters. The van der Waals surface area contributed by atoms with Gasteiger partial charge in [-0.05, 0) is 73.4 Å². The van der Waals surface area contributed by atoms with Crippen molar-refractivity contribution in [3.05, 3.63) is 53.7 Å². The fourth-order valence-electron chi connectivity index (χ4n) is 4.42. The molecule has 2 aliphatic rings. The van der Waals surface area contributed by atoms with Gasteiger partial charge in [0.1, 0.15) is 11.9 Å². The number of amides is 3. The molecule has 1 aromatic carbocycles. The Hall–Kier alpha value is -3.62. The van der Waals surface area contributed by atoms with Crippen LogP contribution in [-0.4, -0.2) is 45.7 Å². The topological polar surface area (TPSA) is 121 Å². The van der Waals surface area contributed by atoms with E-state index in [4.69, 9.17) is 9.84 Å². The highest BCUT2D eigenvalue weighted by Gasteiger charge is 2.28. The van der Waals surface area contributed by atoms with Crippen molar-refractivity contribution in [3.8, 4) is 0 Å². The van der Waals surface area contributed by atoms with Gasteiger partial charge in [0.25, 0.3) is 0 Å². The zero-order chi connectivity index (χ0) is 23.2. The second-order valence-electron chi connectivity index (χ2n) is 8.57. The molecular weight excluding hydrogens is 424 g/mol. The lowest BCUT2D eigenvalue weighted by atomic mass is 9.85. The predicted molar refractivity (Wildman–Crippen MR) is 122 cm³/mol. The van der Waals surface area contributed by atoms with Crippen LogP contribution in [0.15, 0.2) is 42.6 Å². The van der Waals surface area contributed by atoms with Crippen molar-refractivity contribution in [2.45, 2.75) is 51.2 Å². The van der Waals surface area contributed by atoms with E-state index in [1.165, 1.54) is 0 Å². The lowest BCUT2D eigenvalue weighted by molar-refractivity contribution is -0.138. The Kier molecular flexibility index (Phi) is 7.07.